The minimum absolute atomic E-state index is 0.127. The van der Waals surface area contributed by atoms with E-state index < -0.39 is 0 Å². The largest absolute Gasteiger partial charge is 0.371 e. The van der Waals surface area contributed by atoms with Crippen LogP contribution in [0.2, 0.25) is 0 Å². The highest BCUT2D eigenvalue weighted by Crippen LogP contribution is 2.12. The van der Waals surface area contributed by atoms with Crippen LogP contribution >= 0.6 is 0 Å². The fourth-order valence-corrected chi connectivity index (χ4v) is 2.46. The molecule has 0 bridgehead atoms. The topological polar surface area (TPSA) is 29.5 Å². The van der Waals surface area contributed by atoms with E-state index in [-0.39, 0.29) is 6.79 Å². The second-order valence-corrected chi connectivity index (χ2v) is 5.63. The summed E-state index contributed by atoms with van der Waals surface area (Å²) in [5.74, 6) is 0. The van der Waals surface area contributed by atoms with Gasteiger partial charge in [-0.3, -0.25) is 0 Å². The van der Waals surface area contributed by atoms with Crippen molar-refractivity contribution in [3.8, 4) is 0 Å². The Morgan fingerprint density at radius 2 is 0.947 bits per heavy atom. The van der Waals surface area contributed by atoms with E-state index in [1.54, 1.807) is 0 Å². The highest BCUT2D eigenvalue weighted by molar-refractivity contribution is 4.49. The van der Waals surface area contributed by atoms with Gasteiger partial charge in [-0.15, -0.1) is 0 Å². The molecule has 0 aromatic rings. The number of hydrogen-bond donors (Lipinski definition) is 1. The lowest BCUT2D eigenvalue weighted by Crippen LogP contribution is -1.94. The van der Waals surface area contributed by atoms with Crippen molar-refractivity contribution in [2.75, 3.05) is 13.4 Å². The molecule has 0 aromatic carbocycles. The van der Waals surface area contributed by atoms with Crippen molar-refractivity contribution in [3.63, 3.8) is 0 Å². The van der Waals surface area contributed by atoms with Gasteiger partial charge in [0.25, 0.3) is 0 Å². The Hall–Kier alpha value is -0.0800. The molecule has 0 fully saturated rings. The van der Waals surface area contributed by atoms with Gasteiger partial charge in [-0.05, 0) is 6.42 Å². The predicted molar refractivity (Wildman–Crippen MR) is 83.3 cm³/mol. The Labute approximate surface area is 120 Å². The molecule has 19 heavy (non-hydrogen) atoms. The van der Waals surface area contributed by atoms with Gasteiger partial charge in [0.05, 0.1) is 0 Å². The summed E-state index contributed by atoms with van der Waals surface area (Å²) in [5, 5.41) is 8.45. The van der Waals surface area contributed by atoms with Crippen LogP contribution in [0, 0.1) is 0 Å². The molecule has 0 spiro atoms. The van der Waals surface area contributed by atoms with E-state index in [4.69, 9.17) is 9.84 Å². The molecule has 2 heteroatoms. The number of unbranched alkanes of at least 4 members (excludes halogenated alkanes) is 13. The summed E-state index contributed by atoms with van der Waals surface area (Å²) in [7, 11) is 0. The molecule has 0 aromatic heterocycles. The van der Waals surface area contributed by atoms with Crippen LogP contribution in [-0.2, 0) is 4.74 Å². The Morgan fingerprint density at radius 3 is 1.32 bits per heavy atom. The van der Waals surface area contributed by atoms with Gasteiger partial charge < -0.3 is 9.84 Å². The molecule has 0 aliphatic carbocycles. The first-order chi connectivity index (χ1) is 9.41. The van der Waals surface area contributed by atoms with Crippen LogP contribution in [-0.4, -0.2) is 18.5 Å². The number of aliphatic hydroxyl groups is 1. The van der Waals surface area contributed by atoms with Crippen LogP contribution in [0.4, 0.5) is 0 Å². The normalized spacial score (nSPS) is 11.1. The quantitative estimate of drug-likeness (QED) is 0.300. The molecule has 0 heterocycles. The van der Waals surface area contributed by atoms with Crippen molar-refractivity contribution < 1.29 is 9.84 Å². The summed E-state index contributed by atoms with van der Waals surface area (Å²) in [6.07, 6.45) is 19.3. The summed E-state index contributed by atoms with van der Waals surface area (Å²) in [6, 6.07) is 0. The van der Waals surface area contributed by atoms with Crippen LogP contribution in [0.3, 0.4) is 0 Å². The monoisotopic (exact) mass is 272 g/mol. The Morgan fingerprint density at radius 1 is 0.579 bits per heavy atom. The molecule has 2 nitrogen and oxygen atoms in total. The van der Waals surface area contributed by atoms with Crippen LogP contribution in [0.5, 0.6) is 0 Å². The Kier molecular flexibility index (Phi) is 17.8. The fourth-order valence-electron chi connectivity index (χ4n) is 2.46. The van der Waals surface area contributed by atoms with E-state index >= 15 is 0 Å². The Bertz CT molecular complexity index is 132. The number of aliphatic hydroxyl groups excluding tert-OH is 1. The van der Waals surface area contributed by atoms with Crippen LogP contribution in [0.1, 0.15) is 96.8 Å². The molecule has 0 amide bonds. The van der Waals surface area contributed by atoms with Gasteiger partial charge in [0.2, 0.25) is 0 Å². The number of rotatable bonds is 16. The molecule has 116 valence electrons. The lowest BCUT2D eigenvalue weighted by molar-refractivity contribution is -0.00284. The first-order valence-corrected chi connectivity index (χ1v) is 8.60. The predicted octanol–water partition coefficient (Wildman–Crippen LogP) is 5.43. The first-order valence-electron chi connectivity index (χ1n) is 8.60. The van der Waals surface area contributed by atoms with Gasteiger partial charge in [-0.25, -0.2) is 0 Å². The second kappa shape index (κ2) is 17.9. The van der Waals surface area contributed by atoms with E-state index in [0.717, 1.165) is 6.42 Å². The van der Waals surface area contributed by atoms with Gasteiger partial charge in [-0.2, -0.15) is 0 Å². The molecule has 0 unspecified atom stereocenters. The minimum Gasteiger partial charge on any atom is -0.371 e. The second-order valence-electron chi connectivity index (χ2n) is 5.63. The average molecular weight is 272 g/mol. The molecule has 0 saturated heterocycles. The van der Waals surface area contributed by atoms with Crippen molar-refractivity contribution >= 4 is 0 Å². The smallest absolute Gasteiger partial charge is 0.143 e. The maximum absolute atomic E-state index is 8.45. The molecule has 0 atom stereocenters. The van der Waals surface area contributed by atoms with Crippen LogP contribution in [0.15, 0.2) is 0 Å². The van der Waals surface area contributed by atoms with Gasteiger partial charge in [0.15, 0.2) is 0 Å². The van der Waals surface area contributed by atoms with E-state index in [0.29, 0.717) is 6.61 Å². The van der Waals surface area contributed by atoms with E-state index in [9.17, 15) is 0 Å². The molecule has 0 saturated carbocycles. The number of hydrogen-bond acceptors (Lipinski definition) is 2. The van der Waals surface area contributed by atoms with E-state index in [2.05, 4.69) is 6.92 Å². The minimum atomic E-state index is -0.127. The van der Waals surface area contributed by atoms with Crippen molar-refractivity contribution in [1.29, 1.82) is 0 Å². The SMILES string of the molecule is CCCCCCCCCCCCCCCCOCO. The summed E-state index contributed by atoms with van der Waals surface area (Å²) >= 11 is 0. The first kappa shape index (κ1) is 18.9. The lowest BCUT2D eigenvalue weighted by Gasteiger charge is -2.03. The zero-order chi connectivity index (χ0) is 14.0. The summed E-state index contributed by atoms with van der Waals surface area (Å²) in [6.45, 7) is 2.87. The standard InChI is InChI=1S/C17H36O2/c1-2-3-4-5-6-7-8-9-10-11-12-13-14-15-16-19-17-18/h18H,2-17H2,1H3. The molecular weight excluding hydrogens is 236 g/mol. The zero-order valence-electron chi connectivity index (χ0n) is 13.2. The number of ether oxygens (including phenoxy) is 1. The van der Waals surface area contributed by atoms with Crippen LogP contribution < -0.4 is 0 Å². The molecule has 0 aliphatic rings. The van der Waals surface area contributed by atoms with Crippen molar-refractivity contribution in [2.45, 2.75) is 96.8 Å². The third-order valence-electron chi connectivity index (χ3n) is 3.73. The molecule has 0 radical (unpaired) electrons. The third kappa shape index (κ3) is 17.9. The maximum atomic E-state index is 8.45. The summed E-state index contributed by atoms with van der Waals surface area (Å²) in [4.78, 5) is 0. The maximum Gasteiger partial charge on any atom is 0.143 e. The zero-order valence-corrected chi connectivity index (χ0v) is 13.2. The van der Waals surface area contributed by atoms with Gasteiger partial charge in [0.1, 0.15) is 6.79 Å². The van der Waals surface area contributed by atoms with E-state index in [1.807, 2.05) is 0 Å². The molecular formula is C17H36O2. The van der Waals surface area contributed by atoms with E-state index in [1.165, 1.54) is 83.5 Å². The highest BCUT2D eigenvalue weighted by atomic mass is 16.6. The lowest BCUT2D eigenvalue weighted by atomic mass is 10.0. The van der Waals surface area contributed by atoms with Crippen LogP contribution in [0.25, 0.3) is 0 Å². The molecule has 1 N–H and O–H groups in total. The summed E-state index contributed by atoms with van der Waals surface area (Å²) < 4.78 is 4.90. The fraction of sp³-hybridized carbons (Fsp3) is 1.00. The highest BCUT2D eigenvalue weighted by Gasteiger charge is 1.94. The Balaban J connectivity index is 2.88. The molecule has 0 rings (SSSR count). The van der Waals surface area contributed by atoms with Gasteiger partial charge in [0, 0.05) is 6.61 Å². The van der Waals surface area contributed by atoms with Crippen molar-refractivity contribution in [1.82, 2.24) is 0 Å². The van der Waals surface area contributed by atoms with Gasteiger partial charge in [-0.1, -0.05) is 90.4 Å². The third-order valence-corrected chi connectivity index (χ3v) is 3.73. The molecule has 0 aliphatic heterocycles. The van der Waals surface area contributed by atoms with Crippen molar-refractivity contribution in [2.24, 2.45) is 0 Å². The van der Waals surface area contributed by atoms with Gasteiger partial charge >= 0.3 is 0 Å². The summed E-state index contributed by atoms with van der Waals surface area (Å²) in [5.41, 5.74) is 0. The average Bonchev–Trinajstić information content (AvgIpc) is 2.43. The van der Waals surface area contributed by atoms with Crippen molar-refractivity contribution in [3.05, 3.63) is 0 Å².